The molecule has 1 atom stereocenters. The topological polar surface area (TPSA) is 98.4 Å². The molecule has 0 radical (unpaired) electrons. The Morgan fingerprint density at radius 1 is 1.63 bits per heavy atom. The van der Waals surface area contributed by atoms with E-state index in [0.717, 1.165) is 6.54 Å². The second-order valence-corrected chi connectivity index (χ2v) is 4.17. The Morgan fingerprint density at radius 2 is 2.47 bits per heavy atom. The first kappa shape index (κ1) is 13.3. The van der Waals surface area contributed by atoms with Crippen molar-refractivity contribution in [3.8, 4) is 6.07 Å². The van der Waals surface area contributed by atoms with Gasteiger partial charge in [-0.15, -0.1) is 0 Å². The zero-order chi connectivity index (χ0) is 13.7. The molecule has 1 aromatic heterocycles. The van der Waals surface area contributed by atoms with Crippen LogP contribution in [0.2, 0.25) is 0 Å². The number of furan rings is 1. The van der Waals surface area contributed by atoms with Crippen molar-refractivity contribution in [3.05, 3.63) is 24.2 Å². The van der Waals surface area contributed by atoms with Crippen LogP contribution in [0, 0.1) is 11.3 Å². The van der Waals surface area contributed by atoms with Gasteiger partial charge in [0.05, 0.1) is 18.9 Å². The third-order valence-electron chi connectivity index (χ3n) is 2.85. The maximum atomic E-state index is 11.7. The summed E-state index contributed by atoms with van der Waals surface area (Å²) >= 11 is 0. The molecule has 1 aliphatic rings. The van der Waals surface area contributed by atoms with Crippen LogP contribution < -0.4 is 10.6 Å². The Bertz CT molecular complexity index is 492. The van der Waals surface area contributed by atoms with Crippen molar-refractivity contribution >= 4 is 11.8 Å². The van der Waals surface area contributed by atoms with Crippen LogP contribution in [0.1, 0.15) is 10.6 Å². The molecule has 1 fully saturated rings. The third kappa shape index (κ3) is 3.40. The van der Waals surface area contributed by atoms with Crippen LogP contribution in [0.5, 0.6) is 0 Å². The standard InChI is InChI=1S/C12H14N4O3/c13-6-9-7-14-3-4-16(9)8-11(17)15-12(18)10-2-1-5-19-10/h1-2,5,9,14H,3-4,7-8H2,(H,15,17,18). The van der Waals surface area contributed by atoms with Gasteiger partial charge in [0.25, 0.3) is 5.91 Å². The average Bonchev–Trinajstić information content (AvgIpc) is 2.93. The van der Waals surface area contributed by atoms with E-state index >= 15 is 0 Å². The lowest BCUT2D eigenvalue weighted by Gasteiger charge is -2.30. The van der Waals surface area contributed by atoms with E-state index in [0.29, 0.717) is 13.1 Å². The first-order valence-electron chi connectivity index (χ1n) is 5.93. The van der Waals surface area contributed by atoms with Gasteiger partial charge >= 0.3 is 0 Å². The minimum Gasteiger partial charge on any atom is -0.459 e. The summed E-state index contributed by atoms with van der Waals surface area (Å²) in [5, 5.41) is 14.3. The van der Waals surface area contributed by atoms with Crippen LogP contribution >= 0.6 is 0 Å². The van der Waals surface area contributed by atoms with E-state index in [9.17, 15) is 9.59 Å². The monoisotopic (exact) mass is 262 g/mol. The van der Waals surface area contributed by atoms with Crippen molar-refractivity contribution in [3.63, 3.8) is 0 Å². The number of rotatable bonds is 3. The molecule has 0 saturated carbocycles. The van der Waals surface area contributed by atoms with Gasteiger partial charge in [-0.05, 0) is 12.1 Å². The number of nitriles is 1. The molecule has 0 aromatic carbocycles. The van der Waals surface area contributed by atoms with Gasteiger partial charge in [0, 0.05) is 19.6 Å². The number of nitrogens with zero attached hydrogens (tertiary/aromatic N) is 2. The summed E-state index contributed by atoms with van der Waals surface area (Å²) in [6, 6.07) is 4.82. The minimum absolute atomic E-state index is 0.0202. The Labute approximate surface area is 110 Å². The molecule has 0 bridgehead atoms. The average molecular weight is 262 g/mol. The van der Waals surface area contributed by atoms with Crippen molar-refractivity contribution in [2.24, 2.45) is 0 Å². The lowest BCUT2D eigenvalue weighted by Crippen LogP contribution is -2.53. The molecule has 1 aromatic rings. The normalized spacial score (nSPS) is 19.6. The SMILES string of the molecule is N#CC1CNCCN1CC(=O)NC(=O)c1ccco1. The summed E-state index contributed by atoms with van der Waals surface area (Å²) in [4.78, 5) is 25.1. The van der Waals surface area contributed by atoms with Gasteiger partial charge in [0.15, 0.2) is 5.76 Å². The zero-order valence-electron chi connectivity index (χ0n) is 10.3. The second-order valence-electron chi connectivity index (χ2n) is 4.17. The molecule has 2 rings (SSSR count). The highest BCUT2D eigenvalue weighted by atomic mass is 16.3. The lowest BCUT2D eigenvalue weighted by molar-refractivity contribution is -0.121. The summed E-state index contributed by atoms with van der Waals surface area (Å²) in [5.74, 6) is -0.923. The number of carbonyl (C=O) groups excluding carboxylic acids is 2. The van der Waals surface area contributed by atoms with Gasteiger partial charge in [0.2, 0.25) is 5.91 Å². The van der Waals surface area contributed by atoms with Gasteiger partial charge in [0.1, 0.15) is 6.04 Å². The Balaban J connectivity index is 1.87. The van der Waals surface area contributed by atoms with E-state index < -0.39 is 11.8 Å². The van der Waals surface area contributed by atoms with E-state index in [4.69, 9.17) is 9.68 Å². The molecule has 19 heavy (non-hydrogen) atoms. The van der Waals surface area contributed by atoms with E-state index in [1.165, 1.54) is 12.3 Å². The van der Waals surface area contributed by atoms with Crippen molar-refractivity contribution in [2.45, 2.75) is 6.04 Å². The van der Waals surface area contributed by atoms with Crippen LogP contribution in [-0.2, 0) is 4.79 Å². The number of piperazine rings is 1. The number of imide groups is 1. The summed E-state index contributed by atoms with van der Waals surface area (Å²) in [6.45, 7) is 1.86. The largest absolute Gasteiger partial charge is 0.459 e. The quantitative estimate of drug-likeness (QED) is 0.750. The Morgan fingerprint density at radius 3 is 3.16 bits per heavy atom. The number of carbonyl (C=O) groups is 2. The molecular formula is C12H14N4O3. The molecular weight excluding hydrogens is 248 g/mol. The highest BCUT2D eigenvalue weighted by Gasteiger charge is 2.24. The molecule has 2 N–H and O–H groups in total. The fourth-order valence-corrected chi connectivity index (χ4v) is 1.88. The molecule has 2 amide bonds. The van der Waals surface area contributed by atoms with Crippen LogP contribution in [0.3, 0.4) is 0 Å². The molecule has 2 heterocycles. The highest BCUT2D eigenvalue weighted by molar-refractivity contribution is 6.03. The van der Waals surface area contributed by atoms with Crippen molar-refractivity contribution in [1.29, 1.82) is 5.26 Å². The molecule has 100 valence electrons. The molecule has 1 unspecified atom stereocenters. The van der Waals surface area contributed by atoms with Gasteiger partial charge in [-0.25, -0.2) is 0 Å². The van der Waals surface area contributed by atoms with Gasteiger partial charge in [-0.1, -0.05) is 0 Å². The molecule has 0 spiro atoms. The molecule has 7 heteroatoms. The Kier molecular flexibility index (Phi) is 4.28. The lowest BCUT2D eigenvalue weighted by atomic mass is 10.2. The predicted molar refractivity (Wildman–Crippen MR) is 65.0 cm³/mol. The third-order valence-corrected chi connectivity index (χ3v) is 2.85. The molecule has 0 aliphatic carbocycles. The van der Waals surface area contributed by atoms with Crippen molar-refractivity contribution in [1.82, 2.24) is 15.5 Å². The minimum atomic E-state index is -0.571. The van der Waals surface area contributed by atoms with Crippen LogP contribution in [0.15, 0.2) is 22.8 Å². The zero-order valence-corrected chi connectivity index (χ0v) is 10.3. The summed E-state index contributed by atoms with van der Waals surface area (Å²) in [5.41, 5.74) is 0. The first-order chi connectivity index (χ1) is 9.20. The molecule has 7 nitrogen and oxygen atoms in total. The van der Waals surface area contributed by atoms with Crippen LogP contribution in [-0.4, -0.2) is 48.9 Å². The maximum Gasteiger partial charge on any atom is 0.293 e. The Hall–Kier alpha value is -2.17. The van der Waals surface area contributed by atoms with Gasteiger partial charge in [-0.3, -0.25) is 19.8 Å². The van der Waals surface area contributed by atoms with E-state index in [-0.39, 0.29) is 18.3 Å². The predicted octanol–water partition coefficient (Wildman–Crippen LogP) is -0.667. The van der Waals surface area contributed by atoms with Crippen LogP contribution in [0.4, 0.5) is 0 Å². The van der Waals surface area contributed by atoms with Crippen molar-refractivity contribution < 1.29 is 14.0 Å². The number of hydrogen-bond donors (Lipinski definition) is 2. The van der Waals surface area contributed by atoms with E-state index in [1.54, 1.807) is 11.0 Å². The summed E-state index contributed by atoms with van der Waals surface area (Å²) in [6.07, 6.45) is 1.36. The second kappa shape index (κ2) is 6.13. The van der Waals surface area contributed by atoms with Crippen LogP contribution in [0.25, 0.3) is 0 Å². The van der Waals surface area contributed by atoms with Gasteiger partial charge in [-0.2, -0.15) is 5.26 Å². The smallest absolute Gasteiger partial charge is 0.293 e. The van der Waals surface area contributed by atoms with E-state index in [2.05, 4.69) is 16.7 Å². The summed E-state index contributed by atoms with van der Waals surface area (Å²) in [7, 11) is 0. The fourth-order valence-electron chi connectivity index (χ4n) is 1.88. The number of hydrogen-bond acceptors (Lipinski definition) is 6. The maximum absolute atomic E-state index is 11.7. The molecule has 1 saturated heterocycles. The summed E-state index contributed by atoms with van der Waals surface area (Å²) < 4.78 is 4.89. The highest BCUT2D eigenvalue weighted by Crippen LogP contribution is 2.02. The fraction of sp³-hybridized carbons (Fsp3) is 0.417. The first-order valence-corrected chi connectivity index (χ1v) is 5.93. The molecule has 1 aliphatic heterocycles. The number of nitrogens with one attached hydrogen (secondary N) is 2. The van der Waals surface area contributed by atoms with E-state index in [1.807, 2.05) is 0 Å². The van der Waals surface area contributed by atoms with Gasteiger partial charge < -0.3 is 9.73 Å². The van der Waals surface area contributed by atoms with Crippen molar-refractivity contribution in [2.75, 3.05) is 26.2 Å². The number of amides is 2.